The summed E-state index contributed by atoms with van der Waals surface area (Å²) >= 11 is 3.72. The second kappa shape index (κ2) is 9.39. The lowest BCUT2D eigenvalue weighted by Crippen LogP contribution is -2.48. The average molecular weight is 436 g/mol. The minimum atomic E-state index is 0.253. The van der Waals surface area contributed by atoms with E-state index in [1.165, 1.54) is 49.1 Å². The van der Waals surface area contributed by atoms with Crippen LogP contribution in [0.25, 0.3) is 0 Å². The summed E-state index contributed by atoms with van der Waals surface area (Å²) in [6, 6.07) is 8.60. The number of nitrogens with zero attached hydrogens (tertiary/aromatic N) is 3. The van der Waals surface area contributed by atoms with E-state index in [2.05, 4.69) is 79.6 Å². The minimum absolute atomic E-state index is 0.253. The summed E-state index contributed by atoms with van der Waals surface area (Å²) in [4.78, 5) is 9.41. The zero-order valence-electron chi connectivity index (χ0n) is 17.0. The molecule has 0 aromatic heterocycles. The van der Waals surface area contributed by atoms with Crippen molar-refractivity contribution in [1.82, 2.24) is 20.4 Å². The number of benzene rings is 1. The van der Waals surface area contributed by atoms with E-state index in [0.29, 0.717) is 5.92 Å². The van der Waals surface area contributed by atoms with Crippen LogP contribution in [0.5, 0.6) is 0 Å². The zero-order valence-corrected chi connectivity index (χ0v) is 18.6. The molecule has 0 spiro atoms. The van der Waals surface area contributed by atoms with Gasteiger partial charge in [-0.05, 0) is 37.4 Å². The summed E-state index contributed by atoms with van der Waals surface area (Å²) in [6.45, 7) is 10.1. The van der Waals surface area contributed by atoms with Crippen LogP contribution in [-0.4, -0.2) is 75.7 Å². The standard InChI is InChI=1S/C21H34BrN5/c1-17(15-27-12-10-26(3)11-13-27)14-24-20(23-2)25-16-21(8-9-21)18-6-4-5-7-19(18)22/h4-7,17H,8-16H2,1-3H3,(H2,23,24,25). The Bertz CT molecular complexity index is 635. The minimum Gasteiger partial charge on any atom is -0.356 e. The highest BCUT2D eigenvalue weighted by Crippen LogP contribution is 2.49. The number of nitrogens with one attached hydrogen (secondary N) is 2. The van der Waals surface area contributed by atoms with Crippen LogP contribution in [-0.2, 0) is 5.41 Å². The molecule has 1 saturated carbocycles. The smallest absolute Gasteiger partial charge is 0.191 e. The van der Waals surface area contributed by atoms with E-state index in [9.17, 15) is 0 Å². The van der Waals surface area contributed by atoms with Gasteiger partial charge in [-0.25, -0.2) is 0 Å². The van der Waals surface area contributed by atoms with Gasteiger partial charge in [0.25, 0.3) is 0 Å². The third-order valence-electron chi connectivity index (χ3n) is 5.90. The SMILES string of the molecule is CN=C(NCC(C)CN1CCN(C)CC1)NCC1(c2ccccc2Br)CC1. The fourth-order valence-electron chi connectivity index (χ4n) is 3.86. The van der Waals surface area contributed by atoms with Gasteiger partial charge in [-0.3, -0.25) is 4.99 Å². The van der Waals surface area contributed by atoms with Gasteiger partial charge in [-0.1, -0.05) is 41.1 Å². The fourth-order valence-corrected chi connectivity index (χ4v) is 4.57. The Morgan fingerprint density at radius 3 is 2.52 bits per heavy atom. The van der Waals surface area contributed by atoms with Crippen molar-refractivity contribution in [3.8, 4) is 0 Å². The highest BCUT2D eigenvalue weighted by molar-refractivity contribution is 9.10. The van der Waals surface area contributed by atoms with Gasteiger partial charge in [0.05, 0.1) is 0 Å². The van der Waals surface area contributed by atoms with Crippen LogP contribution in [0.4, 0.5) is 0 Å². The molecule has 1 aliphatic carbocycles. The molecule has 1 saturated heterocycles. The lowest BCUT2D eigenvalue weighted by molar-refractivity contribution is 0.139. The van der Waals surface area contributed by atoms with Gasteiger partial charge >= 0.3 is 0 Å². The molecular weight excluding hydrogens is 402 g/mol. The average Bonchev–Trinajstić information content (AvgIpc) is 3.45. The first-order valence-electron chi connectivity index (χ1n) is 10.1. The maximum atomic E-state index is 4.43. The molecule has 0 bridgehead atoms. The lowest BCUT2D eigenvalue weighted by atomic mass is 9.96. The molecular formula is C21H34BrN5. The quantitative estimate of drug-likeness (QED) is 0.509. The largest absolute Gasteiger partial charge is 0.356 e. The van der Waals surface area contributed by atoms with Crippen LogP contribution < -0.4 is 10.6 Å². The van der Waals surface area contributed by atoms with E-state index in [-0.39, 0.29) is 5.41 Å². The molecule has 27 heavy (non-hydrogen) atoms. The van der Waals surface area contributed by atoms with E-state index in [4.69, 9.17) is 0 Å². The van der Waals surface area contributed by atoms with Crippen LogP contribution in [0, 0.1) is 5.92 Å². The fraction of sp³-hybridized carbons (Fsp3) is 0.667. The van der Waals surface area contributed by atoms with E-state index >= 15 is 0 Å². The highest BCUT2D eigenvalue weighted by atomic mass is 79.9. The van der Waals surface area contributed by atoms with Crippen molar-refractivity contribution < 1.29 is 0 Å². The van der Waals surface area contributed by atoms with Crippen molar-refractivity contribution in [2.24, 2.45) is 10.9 Å². The van der Waals surface area contributed by atoms with Gasteiger partial charge in [0.2, 0.25) is 0 Å². The molecule has 0 amide bonds. The molecule has 2 fully saturated rings. The topological polar surface area (TPSA) is 42.9 Å². The summed E-state index contributed by atoms with van der Waals surface area (Å²) in [6.07, 6.45) is 2.47. The molecule has 1 heterocycles. The molecule has 5 nitrogen and oxygen atoms in total. The summed E-state index contributed by atoms with van der Waals surface area (Å²) in [5.41, 5.74) is 1.67. The first-order valence-corrected chi connectivity index (χ1v) is 10.9. The van der Waals surface area contributed by atoms with E-state index in [1.54, 1.807) is 0 Å². The van der Waals surface area contributed by atoms with Crippen molar-refractivity contribution in [2.45, 2.75) is 25.2 Å². The van der Waals surface area contributed by atoms with Crippen molar-refractivity contribution in [2.75, 3.05) is 59.9 Å². The summed E-state index contributed by atoms with van der Waals surface area (Å²) in [7, 11) is 4.07. The molecule has 1 unspecified atom stereocenters. The van der Waals surface area contributed by atoms with Gasteiger partial charge in [0.1, 0.15) is 0 Å². The normalized spacial score (nSPS) is 21.7. The molecule has 2 aliphatic rings. The lowest BCUT2D eigenvalue weighted by Gasteiger charge is -2.34. The Balaban J connectivity index is 1.43. The first kappa shape index (κ1) is 20.6. The Kier molecular flexibility index (Phi) is 7.17. The van der Waals surface area contributed by atoms with Gasteiger partial charge < -0.3 is 20.4 Å². The van der Waals surface area contributed by atoms with Crippen LogP contribution in [0.3, 0.4) is 0 Å². The van der Waals surface area contributed by atoms with Crippen LogP contribution >= 0.6 is 15.9 Å². The van der Waals surface area contributed by atoms with Gasteiger partial charge in [0, 0.05) is 62.7 Å². The Labute approximate surface area is 172 Å². The van der Waals surface area contributed by atoms with E-state index < -0.39 is 0 Å². The van der Waals surface area contributed by atoms with Crippen molar-refractivity contribution in [3.63, 3.8) is 0 Å². The number of guanidine groups is 1. The monoisotopic (exact) mass is 435 g/mol. The zero-order chi connectivity index (χ0) is 19.3. The summed E-state index contributed by atoms with van der Waals surface area (Å²) < 4.78 is 1.22. The second-order valence-electron chi connectivity index (χ2n) is 8.28. The van der Waals surface area contributed by atoms with Gasteiger partial charge in [0.15, 0.2) is 5.96 Å². The van der Waals surface area contributed by atoms with Crippen LogP contribution in [0.15, 0.2) is 33.7 Å². The maximum Gasteiger partial charge on any atom is 0.191 e. The molecule has 0 radical (unpaired) electrons. The third-order valence-corrected chi connectivity index (χ3v) is 6.59. The predicted molar refractivity (Wildman–Crippen MR) is 118 cm³/mol. The van der Waals surface area contributed by atoms with E-state index in [0.717, 1.165) is 25.6 Å². The number of piperazine rings is 1. The number of hydrogen-bond acceptors (Lipinski definition) is 3. The third kappa shape index (κ3) is 5.69. The molecule has 1 aliphatic heterocycles. The highest BCUT2D eigenvalue weighted by Gasteiger charge is 2.45. The second-order valence-corrected chi connectivity index (χ2v) is 9.13. The number of aliphatic imine (C=N–C) groups is 1. The molecule has 1 aromatic carbocycles. The summed E-state index contributed by atoms with van der Waals surface area (Å²) in [5.74, 6) is 1.52. The van der Waals surface area contributed by atoms with Gasteiger partial charge in [-0.15, -0.1) is 0 Å². The Hall–Kier alpha value is -1.11. The predicted octanol–water partition coefficient (Wildman–Crippen LogP) is 2.53. The molecule has 3 rings (SSSR count). The van der Waals surface area contributed by atoms with Gasteiger partial charge in [-0.2, -0.15) is 0 Å². The molecule has 2 N–H and O–H groups in total. The molecule has 1 aromatic rings. The van der Waals surface area contributed by atoms with Crippen LogP contribution in [0.2, 0.25) is 0 Å². The van der Waals surface area contributed by atoms with Crippen molar-refractivity contribution in [1.29, 1.82) is 0 Å². The molecule has 6 heteroatoms. The number of likely N-dealkylation sites (N-methyl/N-ethyl adjacent to an activating group) is 1. The number of rotatable bonds is 7. The molecule has 1 atom stereocenters. The maximum absolute atomic E-state index is 4.43. The van der Waals surface area contributed by atoms with E-state index in [1.807, 2.05) is 7.05 Å². The first-order chi connectivity index (χ1) is 13.0. The number of hydrogen-bond donors (Lipinski definition) is 2. The van der Waals surface area contributed by atoms with Crippen molar-refractivity contribution in [3.05, 3.63) is 34.3 Å². The van der Waals surface area contributed by atoms with Crippen molar-refractivity contribution >= 4 is 21.9 Å². The Morgan fingerprint density at radius 1 is 1.19 bits per heavy atom. The number of halogens is 1. The molecule has 150 valence electrons. The summed E-state index contributed by atoms with van der Waals surface area (Å²) in [5, 5.41) is 7.08. The Morgan fingerprint density at radius 2 is 1.89 bits per heavy atom. The van der Waals surface area contributed by atoms with Crippen LogP contribution in [0.1, 0.15) is 25.3 Å².